The molecule has 4 aromatic rings. The fourth-order valence-electron chi connectivity index (χ4n) is 3.74. The van der Waals surface area contributed by atoms with Gasteiger partial charge in [0.05, 0.1) is 32.5 Å². The van der Waals surface area contributed by atoms with E-state index in [1.54, 1.807) is 48.5 Å². The fraction of sp³-hybridized carbons (Fsp3) is 0.103. The summed E-state index contributed by atoms with van der Waals surface area (Å²) in [6.07, 6.45) is -0.613. The predicted molar refractivity (Wildman–Crippen MR) is 159 cm³/mol. The summed E-state index contributed by atoms with van der Waals surface area (Å²) in [5, 5.41) is 5.10. The minimum absolute atomic E-state index is 0.0558. The van der Waals surface area contributed by atoms with E-state index in [1.807, 2.05) is 13.8 Å². The zero-order valence-corrected chi connectivity index (χ0v) is 23.8. The van der Waals surface area contributed by atoms with Crippen LogP contribution >= 0.6 is 0 Å². The summed E-state index contributed by atoms with van der Waals surface area (Å²) in [6, 6.07) is 25.0. The van der Waals surface area contributed by atoms with Gasteiger partial charge < -0.3 is 10.6 Å². The van der Waals surface area contributed by atoms with Crippen molar-refractivity contribution in [2.24, 2.45) is 0 Å². The van der Waals surface area contributed by atoms with Crippen molar-refractivity contribution in [3.63, 3.8) is 0 Å². The zero-order valence-electron chi connectivity index (χ0n) is 22.2. The Kier molecular flexibility index (Phi) is 8.74. The molecule has 0 aromatic heterocycles. The van der Waals surface area contributed by atoms with Crippen LogP contribution in [0.25, 0.3) is 0 Å². The number of carbonyl (C=O) groups is 2. The Hall–Kier alpha value is -4.68. The number of aryl methyl sites for hydroxylation is 2. The van der Waals surface area contributed by atoms with Crippen LogP contribution in [0, 0.1) is 13.8 Å². The maximum absolute atomic E-state index is 12.8. The summed E-state index contributed by atoms with van der Waals surface area (Å²) in [5.41, 5.74) is 2.37. The number of carbonyl (C=O) groups excluding carboxylic acids is 2. The molecule has 0 aliphatic carbocycles. The number of anilines is 4. The van der Waals surface area contributed by atoms with E-state index >= 15 is 0 Å². The van der Waals surface area contributed by atoms with Crippen molar-refractivity contribution in [3.8, 4) is 0 Å². The van der Waals surface area contributed by atoms with Gasteiger partial charge in [-0.05, 0) is 62.4 Å². The van der Waals surface area contributed by atoms with E-state index in [1.165, 1.54) is 48.5 Å². The van der Waals surface area contributed by atoms with E-state index in [0.29, 0.717) is 0 Å². The van der Waals surface area contributed by atoms with Crippen molar-refractivity contribution < 1.29 is 26.4 Å². The summed E-state index contributed by atoms with van der Waals surface area (Å²) in [5.74, 6) is -1.41. The van der Waals surface area contributed by atoms with E-state index in [0.717, 1.165) is 11.1 Å². The van der Waals surface area contributed by atoms with Crippen molar-refractivity contribution >= 4 is 54.6 Å². The third-order valence-corrected chi connectivity index (χ3v) is 8.64. The first-order valence-corrected chi connectivity index (χ1v) is 15.4. The number of rotatable bonds is 10. The van der Waals surface area contributed by atoms with Crippen LogP contribution in [0.5, 0.6) is 0 Å². The highest BCUT2D eigenvalue weighted by Crippen LogP contribution is 2.26. The summed E-state index contributed by atoms with van der Waals surface area (Å²) >= 11 is 0. The second kappa shape index (κ2) is 12.2. The van der Waals surface area contributed by atoms with E-state index < -0.39 is 38.3 Å². The molecule has 10 nitrogen and oxygen atoms in total. The van der Waals surface area contributed by atoms with Gasteiger partial charge in [-0.3, -0.25) is 19.0 Å². The number of nitrogens with one attached hydrogen (secondary N) is 4. The molecule has 41 heavy (non-hydrogen) atoms. The summed E-state index contributed by atoms with van der Waals surface area (Å²) in [4.78, 5) is 25.5. The average Bonchev–Trinajstić information content (AvgIpc) is 2.91. The van der Waals surface area contributed by atoms with Gasteiger partial charge in [-0.1, -0.05) is 59.7 Å². The van der Waals surface area contributed by atoms with Crippen LogP contribution in [0.15, 0.2) is 107 Å². The van der Waals surface area contributed by atoms with Gasteiger partial charge in [-0.25, -0.2) is 16.8 Å². The van der Waals surface area contributed by atoms with Crippen molar-refractivity contribution in [3.05, 3.63) is 108 Å². The van der Waals surface area contributed by atoms with Crippen molar-refractivity contribution in [2.75, 3.05) is 20.1 Å². The van der Waals surface area contributed by atoms with Gasteiger partial charge in [-0.2, -0.15) is 0 Å². The molecule has 0 spiro atoms. The molecule has 0 heterocycles. The van der Waals surface area contributed by atoms with Crippen LogP contribution in [0.3, 0.4) is 0 Å². The lowest BCUT2D eigenvalue weighted by molar-refractivity contribution is -0.123. The van der Waals surface area contributed by atoms with E-state index in [4.69, 9.17) is 0 Å². The number of para-hydroxylation sites is 4. The second-order valence-electron chi connectivity index (χ2n) is 9.20. The average molecular weight is 593 g/mol. The van der Waals surface area contributed by atoms with Crippen LogP contribution in [-0.4, -0.2) is 28.6 Å². The smallest absolute Gasteiger partial charge is 0.261 e. The molecule has 4 N–H and O–H groups in total. The quantitative estimate of drug-likeness (QED) is 0.193. The maximum atomic E-state index is 12.8. The molecule has 0 aliphatic heterocycles. The number of benzene rings is 4. The van der Waals surface area contributed by atoms with Gasteiger partial charge in [-0.15, -0.1) is 0 Å². The monoisotopic (exact) mass is 592 g/mol. The van der Waals surface area contributed by atoms with Gasteiger partial charge >= 0.3 is 0 Å². The highest BCUT2D eigenvalue weighted by Gasteiger charge is 2.19. The second-order valence-corrected chi connectivity index (χ2v) is 12.6. The Bertz CT molecular complexity index is 1660. The number of sulfonamides is 2. The molecule has 0 radical (unpaired) electrons. The number of amides is 2. The van der Waals surface area contributed by atoms with Crippen LogP contribution in [0.4, 0.5) is 22.7 Å². The molecule has 212 valence electrons. The third kappa shape index (κ3) is 7.71. The Morgan fingerprint density at radius 1 is 0.512 bits per heavy atom. The molecule has 4 aromatic carbocycles. The molecule has 4 rings (SSSR count). The molecule has 0 fully saturated rings. The fourth-order valence-corrected chi connectivity index (χ4v) is 5.90. The Morgan fingerprint density at radius 3 is 1.17 bits per heavy atom. The first kappa shape index (κ1) is 29.3. The van der Waals surface area contributed by atoms with Crippen LogP contribution < -0.4 is 20.1 Å². The van der Waals surface area contributed by atoms with E-state index in [2.05, 4.69) is 20.1 Å². The normalized spacial score (nSPS) is 11.4. The summed E-state index contributed by atoms with van der Waals surface area (Å²) in [6.45, 7) is 3.68. The lowest BCUT2D eigenvalue weighted by Crippen LogP contribution is -2.23. The molecule has 0 saturated carbocycles. The lowest BCUT2D eigenvalue weighted by atomic mass is 10.2. The van der Waals surface area contributed by atoms with E-state index in [-0.39, 0.29) is 32.5 Å². The maximum Gasteiger partial charge on any atom is 0.261 e. The minimum Gasteiger partial charge on any atom is -0.324 e. The highest BCUT2D eigenvalue weighted by atomic mass is 32.2. The SMILES string of the molecule is Cc1ccc(S(=O)(=O)Nc2ccccc2NC(=O)CC(=O)Nc2ccccc2NS(=O)(=O)c2ccc(C)cc2)cc1. The molecule has 0 aliphatic rings. The Balaban J connectivity index is 1.42. The standard InChI is InChI=1S/C29H28N4O6S2/c1-20-11-15-22(16-12-20)40(36,37)32-26-9-5-3-7-24(26)30-28(34)19-29(35)31-25-8-4-6-10-27(25)33-41(38,39)23-17-13-21(2)14-18-23/h3-18,32-33H,19H2,1-2H3,(H,30,34)(H,31,35). The van der Waals surface area contributed by atoms with Crippen molar-refractivity contribution in [1.82, 2.24) is 0 Å². The highest BCUT2D eigenvalue weighted by molar-refractivity contribution is 7.93. The van der Waals surface area contributed by atoms with Crippen LogP contribution in [-0.2, 0) is 29.6 Å². The molecule has 0 saturated heterocycles. The third-order valence-electron chi connectivity index (χ3n) is 5.87. The largest absolute Gasteiger partial charge is 0.324 e. The lowest BCUT2D eigenvalue weighted by Gasteiger charge is -2.15. The van der Waals surface area contributed by atoms with Gasteiger partial charge in [0.2, 0.25) is 11.8 Å². The minimum atomic E-state index is -3.93. The first-order chi connectivity index (χ1) is 19.4. The van der Waals surface area contributed by atoms with Crippen LogP contribution in [0.1, 0.15) is 17.5 Å². The molecule has 0 atom stereocenters. The molecule has 0 unspecified atom stereocenters. The molecule has 0 bridgehead atoms. The molecule has 2 amide bonds. The molecule has 12 heteroatoms. The van der Waals surface area contributed by atoms with Crippen LogP contribution in [0.2, 0.25) is 0 Å². The molecular weight excluding hydrogens is 564 g/mol. The predicted octanol–water partition coefficient (Wildman–Crippen LogP) is 4.87. The summed E-state index contributed by atoms with van der Waals surface area (Å²) in [7, 11) is -7.86. The van der Waals surface area contributed by atoms with Gasteiger partial charge in [0.25, 0.3) is 20.0 Å². The number of hydrogen-bond acceptors (Lipinski definition) is 6. The zero-order chi connectivity index (χ0) is 29.6. The Labute approximate surface area is 238 Å². The van der Waals surface area contributed by atoms with Crippen molar-refractivity contribution in [1.29, 1.82) is 0 Å². The Morgan fingerprint density at radius 2 is 0.829 bits per heavy atom. The number of hydrogen-bond donors (Lipinski definition) is 4. The topological polar surface area (TPSA) is 151 Å². The first-order valence-electron chi connectivity index (χ1n) is 12.4. The molecular formula is C29H28N4O6S2. The van der Waals surface area contributed by atoms with E-state index in [9.17, 15) is 26.4 Å². The van der Waals surface area contributed by atoms with Gasteiger partial charge in [0, 0.05) is 0 Å². The van der Waals surface area contributed by atoms with Gasteiger partial charge in [0.15, 0.2) is 0 Å². The van der Waals surface area contributed by atoms with Gasteiger partial charge in [0.1, 0.15) is 6.42 Å². The van der Waals surface area contributed by atoms with Crippen molar-refractivity contribution in [2.45, 2.75) is 30.1 Å². The summed E-state index contributed by atoms with van der Waals surface area (Å²) < 4.78 is 56.2.